The summed E-state index contributed by atoms with van der Waals surface area (Å²) >= 11 is 5.85. The number of hydrogen-bond donors (Lipinski definition) is 0. The second kappa shape index (κ2) is 11.6. The van der Waals surface area contributed by atoms with Crippen LogP contribution < -0.4 is 4.74 Å². The maximum absolute atomic E-state index is 5.85. The summed E-state index contributed by atoms with van der Waals surface area (Å²) in [6.07, 6.45) is 9.05. The van der Waals surface area contributed by atoms with E-state index in [2.05, 4.69) is 17.2 Å². The lowest BCUT2D eigenvalue weighted by atomic mass is 10.1. The number of nitrogens with zero attached hydrogens (tertiary/aromatic N) is 2. The van der Waals surface area contributed by atoms with Gasteiger partial charge in [0.2, 0.25) is 0 Å². The lowest BCUT2D eigenvalue weighted by molar-refractivity contribution is 0.304. The normalized spacial score (nSPS) is 11.1. The van der Waals surface area contributed by atoms with Crippen molar-refractivity contribution in [3.63, 3.8) is 0 Å². The van der Waals surface area contributed by atoms with Crippen molar-refractivity contribution in [2.75, 3.05) is 6.61 Å². The SMILES string of the molecule is CCCCCCCCCOc1ccc(N=Nc2ccc(Cl)cc2)cc1. The van der Waals surface area contributed by atoms with Crippen LogP contribution in [0.15, 0.2) is 58.8 Å². The molecule has 0 amide bonds. The molecule has 25 heavy (non-hydrogen) atoms. The van der Waals surface area contributed by atoms with Crippen molar-refractivity contribution in [1.29, 1.82) is 0 Å². The molecular formula is C21H27ClN2O. The average Bonchev–Trinajstić information content (AvgIpc) is 2.64. The molecule has 0 heterocycles. The van der Waals surface area contributed by atoms with Gasteiger partial charge in [-0.2, -0.15) is 10.2 Å². The van der Waals surface area contributed by atoms with Gasteiger partial charge in [-0.1, -0.05) is 57.0 Å². The molecule has 0 saturated carbocycles. The van der Waals surface area contributed by atoms with Crippen LogP contribution in [0.3, 0.4) is 0 Å². The van der Waals surface area contributed by atoms with Gasteiger partial charge in [-0.25, -0.2) is 0 Å². The van der Waals surface area contributed by atoms with Crippen LogP contribution in [0, 0.1) is 0 Å². The van der Waals surface area contributed by atoms with Gasteiger partial charge in [-0.15, -0.1) is 0 Å². The molecular weight excluding hydrogens is 332 g/mol. The number of hydrogen-bond acceptors (Lipinski definition) is 3. The molecule has 0 unspecified atom stereocenters. The molecule has 3 nitrogen and oxygen atoms in total. The van der Waals surface area contributed by atoms with Crippen molar-refractivity contribution >= 4 is 23.0 Å². The molecule has 0 aliphatic rings. The third-order valence-electron chi connectivity index (χ3n) is 3.96. The Morgan fingerprint density at radius 3 is 1.84 bits per heavy atom. The van der Waals surface area contributed by atoms with E-state index in [1.165, 1.54) is 38.5 Å². The summed E-state index contributed by atoms with van der Waals surface area (Å²) < 4.78 is 5.78. The van der Waals surface area contributed by atoms with Gasteiger partial charge in [-0.3, -0.25) is 0 Å². The predicted molar refractivity (Wildman–Crippen MR) is 106 cm³/mol. The van der Waals surface area contributed by atoms with Crippen molar-refractivity contribution in [1.82, 2.24) is 0 Å². The standard InChI is InChI=1S/C21H27ClN2O/c1-2-3-4-5-6-7-8-17-25-21-15-13-20(14-16-21)24-23-19-11-9-18(22)10-12-19/h9-16H,2-8,17H2,1H3. The zero-order valence-electron chi connectivity index (χ0n) is 15.0. The Kier molecular flexibility index (Phi) is 9.06. The molecule has 0 saturated heterocycles. The van der Waals surface area contributed by atoms with Gasteiger partial charge in [0, 0.05) is 5.02 Å². The topological polar surface area (TPSA) is 34.0 Å². The van der Waals surface area contributed by atoms with E-state index in [-0.39, 0.29) is 0 Å². The summed E-state index contributed by atoms with van der Waals surface area (Å²) in [6.45, 7) is 3.03. The smallest absolute Gasteiger partial charge is 0.119 e. The molecule has 0 aliphatic carbocycles. The summed E-state index contributed by atoms with van der Waals surface area (Å²) in [7, 11) is 0. The Hall–Kier alpha value is -1.87. The molecule has 0 fully saturated rings. The predicted octanol–water partition coefficient (Wildman–Crippen LogP) is 7.88. The molecule has 0 bridgehead atoms. The maximum Gasteiger partial charge on any atom is 0.119 e. The first kappa shape index (κ1) is 19.5. The van der Waals surface area contributed by atoms with Crippen molar-refractivity contribution in [2.45, 2.75) is 51.9 Å². The molecule has 0 radical (unpaired) electrons. The van der Waals surface area contributed by atoms with Crippen molar-refractivity contribution in [3.8, 4) is 5.75 Å². The largest absolute Gasteiger partial charge is 0.494 e. The molecule has 2 rings (SSSR count). The van der Waals surface area contributed by atoms with Crippen LogP contribution in [-0.2, 0) is 0 Å². The van der Waals surface area contributed by atoms with Crippen LogP contribution in [0.25, 0.3) is 0 Å². The number of unbranched alkanes of at least 4 members (excludes halogenated alkanes) is 6. The first-order valence-electron chi connectivity index (χ1n) is 9.18. The van der Waals surface area contributed by atoms with E-state index in [9.17, 15) is 0 Å². The highest BCUT2D eigenvalue weighted by Crippen LogP contribution is 2.22. The quantitative estimate of drug-likeness (QED) is 0.297. The van der Waals surface area contributed by atoms with Crippen LogP contribution in [0.4, 0.5) is 11.4 Å². The van der Waals surface area contributed by atoms with Gasteiger partial charge in [0.05, 0.1) is 18.0 Å². The van der Waals surface area contributed by atoms with Crippen LogP contribution in [0.1, 0.15) is 51.9 Å². The highest BCUT2D eigenvalue weighted by atomic mass is 35.5. The Morgan fingerprint density at radius 2 is 1.24 bits per heavy atom. The third kappa shape index (κ3) is 8.17. The fourth-order valence-corrected chi connectivity index (χ4v) is 2.61. The number of benzene rings is 2. The molecule has 0 spiro atoms. The Morgan fingerprint density at radius 1 is 0.720 bits per heavy atom. The highest BCUT2D eigenvalue weighted by Gasteiger charge is 1.96. The molecule has 4 heteroatoms. The number of ether oxygens (including phenoxy) is 1. The lowest BCUT2D eigenvalue weighted by Gasteiger charge is -2.06. The zero-order chi connectivity index (χ0) is 17.7. The lowest BCUT2D eigenvalue weighted by Crippen LogP contribution is -1.96. The third-order valence-corrected chi connectivity index (χ3v) is 4.21. The summed E-state index contributed by atoms with van der Waals surface area (Å²) in [5.74, 6) is 0.886. The maximum atomic E-state index is 5.85. The van der Waals surface area contributed by atoms with E-state index in [0.717, 1.165) is 30.2 Å². The molecule has 0 aliphatic heterocycles. The fraction of sp³-hybridized carbons (Fsp3) is 0.429. The van der Waals surface area contributed by atoms with E-state index < -0.39 is 0 Å². The monoisotopic (exact) mass is 358 g/mol. The Balaban J connectivity index is 1.66. The molecule has 2 aromatic carbocycles. The van der Waals surface area contributed by atoms with Gasteiger partial charge in [-0.05, 0) is 55.0 Å². The van der Waals surface area contributed by atoms with E-state index in [1.54, 1.807) is 12.1 Å². The van der Waals surface area contributed by atoms with Gasteiger partial charge in [0.25, 0.3) is 0 Å². The number of azo groups is 1. The molecule has 0 aromatic heterocycles. The first-order valence-corrected chi connectivity index (χ1v) is 9.56. The molecule has 0 N–H and O–H groups in total. The van der Waals surface area contributed by atoms with Gasteiger partial charge in [0.1, 0.15) is 5.75 Å². The van der Waals surface area contributed by atoms with Crippen LogP contribution in [0.2, 0.25) is 5.02 Å². The van der Waals surface area contributed by atoms with E-state index in [1.807, 2.05) is 36.4 Å². The minimum atomic E-state index is 0.696. The van der Waals surface area contributed by atoms with E-state index in [0.29, 0.717) is 5.02 Å². The second-order valence-electron chi connectivity index (χ2n) is 6.14. The second-order valence-corrected chi connectivity index (χ2v) is 6.58. The van der Waals surface area contributed by atoms with Crippen LogP contribution >= 0.6 is 11.6 Å². The summed E-state index contributed by atoms with van der Waals surface area (Å²) in [4.78, 5) is 0. The van der Waals surface area contributed by atoms with Crippen LogP contribution in [0.5, 0.6) is 5.75 Å². The number of halogens is 1. The summed E-state index contributed by atoms with van der Waals surface area (Å²) in [5, 5.41) is 9.10. The van der Waals surface area contributed by atoms with E-state index >= 15 is 0 Å². The molecule has 134 valence electrons. The van der Waals surface area contributed by atoms with Gasteiger partial charge < -0.3 is 4.74 Å². The fourth-order valence-electron chi connectivity index (χ4n) is 2.48. The summed E-state index contributed by atoms with van der Waals surface area (Å²) in [5.41, 5.74) is 1.59. The van der Waals surface area contributed by atoms with Crippen molar-refractivity contribution in [3.05, 3.63) is 53.6 Å². The highest BCUT2D eigenvalue weighted by molar-refractivity contribution is 6.30. The van der Waals surface area contributed by atoms with Crippen molar-refractivity contribution < 1.29 is 4.74 Å². The zero-order valence-corrected chi connectivity index (χ0v) is 15.7. The summed E-state index contributed by atoms with van der Waals surface area (Å²) in [6, 6.07) is 15.0. The molecule has 0 atom stereocenters. The Bertz CT molecular complexity index is 623. The number of rotatable bonds is 11. The molecule has 2 aromatic rings. The van der Waals surface area contributed by atoms with Gasteiger partial charge in [0.15, 0.2) is 0 Å². The van der Waals surface area contributed by atoms with Crippen molar-refractivity contribution in [2.24, 2.45) is 10.2 Å². The Labute approximate surface area is 156 Å². The van der Waals surface area contributed by atoms with Gasteiger partial charge >= 0.3 is 0 Å². The average molecular weight is 359 g/mol. The van der Waals surface area contributed by atoms with E-state index in [4.69, 9.17) is 16.3 Å². The minimum Gasteiger partial charge on any atom is -0.494 e. The van der Waals surface area contributed by atoms with Crippen LogP contribution in [-0.4, -0.2) is 6.61 Å². The first-order chi connectivity index (χ1) is 12.3. The minimum absolute atomic E-state index is 0.696.